The molecule has 2 saturated heterocycles. The largest absolute Gasteiger partial charge is 0.416 e. The molecule has 2 aromatic carbocycles. The number of halogens is 3. The van der Waals surface area contributed by atoms with Crippen LogP contribution < -0.4 is 9.80 Å². The van der Waals surface area contributed by atoms with Gasteiger partial charge < -0.3 is 9.80 Å². The monoisotopic (exact) mass is 498 g/mol. The molecule has 0 spiro atoms. The van der Waals surface area contributed by atoms with Crippen LogP contribution in [0.15, 0.2) is 47.4 Å². The summed E-state index contributed by atoms with van der Waals surface area (Å²) in [6.45, 7) is 2.22. The summed E-state index contributed by atoms with van der Waals surface area (Å²) in [5.74, 6) is 0. The van der Waals surface area contributed by atoms with E-state index in [0.717, 1.165) is 37.5 Å². The smallest absolute Gasteiger partial charge is 0.368 e. The topological polar surface area (TPSA) is 87.0 Å². The first-order valence-corrected chi connectivity index (χ1v) is 12.5. The fourth-order valence-electron chi connectivity index (χ4n) is 4.42. The molecule has 12 heteroatoms. The Bertz CT molecular complexity index is 1160. The Morgan fingerprint density at radius 3 is 2.12 bits per heavy atom. The van der Waals surface area contributed by atoms with Gasteiger partial charge in [0, 0.05) is 51.0 Å². The van der Waals surface area contributed by atoms with Crippen molar-refractivity contribution < 1.29 is 26.5 Å². The van der Waals surface area contributed by atoms with Crippen LogP contribution in [0.1, 0.15) is 24.8 Å². The van der Waals surface area contributed by atoms with Gasteiger partial charge in [0.1, 0.15) is 5.69 Å². The maximum absolute atomic E-state index is 13.0. The lowest BCUT2D eigenvalue weighted by molar-refractivity contribution is -0.384. The third kappa shape index (κ3) is 4.97. The summed E-state index contributed by atoms with van der Waals surface area (Å²) in [5.41, 5.74) is -0.294. The highest BCUT2D eigenvalue weighted by atomic mass is 32.2. The molecule has 2 heterocycles. The van der Waals surface area contributed by atoms with Crippen molar-refractivity contribution in [2.75, 3.05) is 49.1 Å². The second-order valence-electron chi connectivity index (χ2n) is 8.39. The lowest BCUT2D eigenvalue weighted by Gasteiger charge is -2.37. The molecule has 0 aliphatic carbocycles. The van der Waals surface area contributed by atoms with Crippen LogP contribution >= 0.6 is 0 Å². The first-order valence-electron chi connectivity index (χ1n) is 11.0. The second-order valence-corrected chi connectivity index (χ2v) is 10.3. The summed E-state index contributed by atoms with van der Waals surface area (Å²) in [5, 5.41) is 11.8. The molecule has 2 fully saturated rings. The molecular formula is C22H25F3N4O4S. The summed E-state index contributed by atoms with van der Waals surface area (Å²) in [6, 6.07) is 9.03. The SMILES string of the molecule is O=[N+]([O-])c1cc(S(=O)(=O)N2CCCCC2)ccc1N1CCN(c2cccc(C(F)(F)F)c2)CC1. The maximum Gasteiger partial charge on any atom is 0.416 e. The molecule has 2 aromatic rings. The first-order chi connectivity index (χ1) is 16.1. The molecule has 4 rings (SSSR count). The number of benzene rings is 2. The van der Waals surface area contributed by atoms with Gasteiger partial charge in [0.05, 0.1) is 15.4 Å². The predicted molar refractivity (Wildman–Crippen MR) is 122 cm³/mol. The van der Waals surface area contributed by atoms with Gasteiger partial charge >= 0.3 is 6.18 Å². The van der Waals surface area contributed by atoms with E-state index in [1.807, 2.05) is 0 Å². The van der Waals surface area contributed by atoms with Gasteiger partial charge in [0.2, 0.25) is 10.0 Å². The molecule has 0 atom stereocenters. The number of sulfonamides is 1. The second kappa shape index (κ2) is 9.41. The number of alkyl halides is 3. The van der Waals surface area contributed by atoms with Gasteiger partial charge in [-0.2, -0.15) is 17.5 Å². The number of anilines is 2. The van der Waals surface area contributed by atoms with Crippen LogP contribution in [0, 0.1) is 10.1 Å². The van der Waals surface area contributed by atoms with E-state index in [2.05, 4.69) is 0 Å². The summed E-state index contributed by atoms with van der Waals surface area (Å²) >= 11 is 0. The van der Waals surface area contributed by atoms with E-state index in [4.69, 9.17) is 0 Å². The van der Waals surface area contributed by atoms with Gasteiger partial charge in [-0.3, -0.25) is 10.1 Å². The van der Waals surface area contributed by atoms with Crippen LogP contribution in [0.4, 0.5) is 30.2 Å². The lowest BCUT2D eigenvalue weighted by Crippen LogP contribution is -2.46. The number of piperazine rings is 1. The highest BCUT2D eigenvalue weighted by Crippen LogP contribution is 2.35. The molecule has 0 bridgehead atoms. The Labute approximate surface area is 195 Å². The fraction of sp³-hybridized carbons (Fsp3) is 0.455. The number of hydrogen-bond donors (Lipinski definition) is 0. The highest BCUT2D eigenvalue weighted by molar-refractivity contribution is 7.89. The summed E-state index contributed by atoms with van der Waals surface area (Å²) in [6.07, 6.45) is -1.96. The fourth-order valence-corrected chi connectivity index (χ4v) is 5.95. The molecule has 0 N–H and O–H groups in total. The molecule has 2 aliphatic heterocycles. The predicted octanol–water partition coefficient (Wildman–Crippen LogP) is 4.11. The van der Waals surface area contributed by atoms with E-state index in [1.54, 1.807) is 15.9 Å². The zero-order valence-corrected chi connectivity index (χ0v) is 19.2. The van der Waals surface area contributed by atoms with Crippen molar-refractivity contribution in [1.29, 1.82) is 0 Å². The van der Waals surface area contributed by atoms with Crippen molar-refractivity contribution in [1.82, 2.24) is 4.31 Å². The Balaban J connectivity index is 1.52. The Morgan fingerprint density at radius 2 is 1.50 bits per heavy atom. The minimum absolute atomic E-state index is 0.104. The normalized spacial score (nSPS) is 18.2. The van der Waals surface area contributed by atoms with E-state index < -0.39 is 26.7 Å². The maximum atomic E-state index is 13.0. The molecule has 0 aromatic heterocycles. The van der Waals surface area contributed by atoms with Crippen LogP contribution in [0.3, 0.4) is 0 Å². The average molecular weight is 499 g/mol. The molecular weight excluding hydrogens is 473 g/mol. The number of nitro groups is 1. The van der Waals surface area contributed by atoms with Crippen molar-refractivity contribution in [3.05, 3.63) is 58.1 Å². The number of nitro benzene ring substituents is 1. The van der Waals surface area contributed by atoms with E-state index in [0.29, 0.717) is 50.6 Å². The van der Waals surface area contributed by atoms with E-state index in [1.165, 1.54) is 22.5 Å². The highest BCUT2D eigenvalue weighted by Gasteiger charge is 2.32. The van der Waals surface area contributed by atoms with Crippen molar-refractivity contribution in [2.24, 2.45) is 0 Å². The Hall–Kier alpha value is -2.86. The third-order valence-electron chi connectivity index (χ3n) is 6.26. The average Bonchev–Trinajstić information content (AvgIpc) is 2.84. The van der Waals surface area contributed by atoms with Gasteiger partial charge in [-0.15, -0.1) is 0 Å². The van der Waals surface area contributed by atoms with Gasteiger partial charge in [-0.25, -0.2) is 8.42 Å². The van der Waals surface area contributed by atoms with Crippen LogP contribution in [-0.4, -0.2) is 56.9 Å². The van der Waals surface area contributed by atoms with E-state index in [-0.39, 0.29) is 10.6 Å². The Kier molecular flexibility index (Phi) is 6.72. The molecule has 0 unspecified atom stereocenters. The molecule has 8 nitrogen and oxygen atoms in total. The van der Waals surface area contributed by atoms with Gasteiger partial charge in [-0.1, -0.05) is 12.5 Å². The third-order valence-corrected chi connectivity index (χ3v) is 8.15. The van der Waals surface area contributed by atoms with Crippen molar-refractivity contribution in [2.45, 2.75) is 30.3 Å². The Morgan fingerprint density at radius 1 is 0.853 bits per heavy atom. The van der Waals surface area contributed by atoms with E-state index >= 15 is 0 Å². The molecule has 184 valence electrons. The number of hydrogen-bond acceptors (Lipinski definition) is 6. The van der Waals surface area contributed by atoms with Crippen LogP contribution in [0.2, 0.25) is 0 Å². The van der Waals surface area contributed by atoms with Gasteiger partial charge in [-0.05, 0) is 43.2 Å². The lowest BCUT2D eigenvalue weighted by atomic mass is 10.1. The van der Waals surface area contributed by atoms with Gasteiger partial charge in [0.25, 0.3) is 5.69 Å². The molecule has 0 amide bonds. The summed E-state index contributed by atoms with van der Waals surface area (Å²) < 4.78 is 66.4. The standard InChI is InChI=1S/C22H25F3N4O4S/c23-22(24,25)17-5-4-6-18(15-17)26-11-13-27(14-12-26)20-8-7-19(16-21(20)29(30)31)34(32,33)28-9-2-1-3-10-28/h4-8,15-16H,1-3,9-14H2. The molecule has 34 heavy (non-hydrogen) atoms. The van der Waals surface area contributed by atoms with Crippen molar-refractivity contribution >= 4 is 27.1 Å². The summed E-state index contributed by atoms with van der Waals surface area (Å²) in [7, 11) is -3.82. The van der Waals surface area contributed by atoms with Crippen molar-refractivity contribution in [3.63, 3.8) is 0 Å². The van der Waals surface area contributed by atoms with Crippen molar-refractivity contribution in [3.8, 4) is 0 Å². The van der Waals surface area contributed by atoms with Crippen LogP contribution in [0.5, 0.6) is 0 Å². The summed E-state index contributed by atoms with van der Waals surface area (Å²) in [4.78, 5) is 14.7. The molecule has 0 radical (unpaired) electrons. The quantitative estimate of drug-likeness (QED) is 0.456. The molecule has 0 saturated carbocycles. The number of rotatable bonds is 5. The molecule has 2 aliphatic rings. The minimum Gasteiger partial charge on any atom is -0.368 e. The van der Waals surface area contributed by atoms with E-state index in [9.17, 15) is 31.7 Å². The number of nitrogens with zero attached hydrogens (tertiary/aromatic N) is 4. The van der Waals surface area contributed by atoms with Crippen LogP contribution in [-0.2, 0) is 16.2 Å². The zero-order chi connectivity index (χ0) is 24.5. The number of piperidine rings is 1. The van der Waals surface area contributed by atoms with Gasteiger partial charge in [0.15, 0.2) is 0 Å². The first kappa shape index (κ1) is 24.3. The minimum atomic E-state index is -4.44. The van der Waals surface area contributed by atoms with Crippen LogP contribution in [0.25, 0.3) is 0 Å². The zero-order valence-electron chi connectivity index (χ0n) is 18.4.